The van der Waals surface area contributed by atoms with Crippen LogP contribution < -0.4 is 15.0 Å². The molecule has 1 aliphatic rings. The van der Waals surface area contributed by atoms with E-state index in [4.69, 9.17) is 34.4 Å². The van der Waals surface area contributed by atoms with Gasteiger partial charge in [0.2, 0.25) is 0 Å². The van der Waals surface area contributed by atoms with E-state index in [2.05, 4.69) is 27.2 Å². The summed E-state index contributed by atoms with van der Waals surface area (Å²) in [7, 11) is 0. The summed E-state index contributed by atoms with van der Waals surface area (Å²) in [6, 6.07) is 7.06. The summed E-state index contributed by atoms with van der Waals surface area (Å²) < 4.78 is 6.11. The van der Waals surface area contributed by atoms with Crippen LogP contribution in [0.25, 0.3) is 6.08 Å². The van der Waals surface area contributed by atoms with Crippen LogP contribution in [0.2, 0.25) is 10.0 Å². The van der Waals surface area contributed by atoms with E-state index < -0.39 is 17.8 Å². The van der Waals surface area contributed by atoms with Gasteiger partial charge in [-0.15, -0.1) is 6.42 Å². The van der Waals surface area contributed by atoms with Crippen molar-refractivity contribution in [3.8, 4) is 18.1 Å². The highest BCUT2D eigenvalue weighted by Crippen LogP contribution is 2.35. The normalized spacial score (nSPS) is 15.2. The minimum absolute atomic E-state index is 0.0234. The second-order valence-electron chi connectivity index (χ2n) is 6.20. The summed E-state index contributed by atoms with van der Waals surface area (Å²) in [5, 5.41) is 2.48. The molecule has 3 rings (SSSR count). The number of terminal acetylenes is 1. The number of amides is 4. The first-order valence-corrected chi connectivity index (χ1v) is 10.0. The quantitative estimate of drug-likeness (QED) is 0.368. The maximum atomic E-state index is 13.0. The first-order valence-electron chi connectivity index (χ1n) is 8.46. The van der Waals surface area contributed by atoms with Gasteiger partial charge in [0.05, 0.1) is 15.7 Å². The molecular formula is C21H13BrCl2N2O4. The van der Waals surface area contributed by atoms with Crippen molar-refractivity contribution >= 4 is 68.7 Å². The number of carbonyl (C=O) groups is 3. The number of benzene rings is 2. The minimum Gasteiger partial charge on any atom is -0.478 e. The van der Waals surface area contributed by atoms with E-state index in [0.29, 0.717) is 11.3 Å². The number of hydrogen-bond donors (Lipinski definition) is 1. The van der Waals surface area contributed by atoms with Crippen molar-refractivity contribution in [3.05, 3.63) is 61.5 Å². The lowest BCUT2D eigenvalue weighted by atomic mass is 10.1. The standard InChI is InChI=1S/C21H13BrCl2N2O4/c1-3-6-30-18-16(23)9-12(10-17(18)24)8-14-19(27)25-21(29)26(20(14)28)13-4-5-15(22)11(2)7-13/h1,4-5,7-10H,6H2,2H3,(H,25,27,29)/b14-8+. The summed E-state index contributed by atoms with van der Waals surface area (Å²) in [5.74, 6) is 0.903. The zero-order valence-corrected chi connectivity index (χ0v) is 18.6. The third-order valence-electron chi connectivity index (χ3n) is 4.13. The van der Waals surface area contributed by atoms with Crippen LogP contribution in [0.4, 0.5) is 10.5 Å². The Morgan fingerprint density at radius 1 is 1.20 bits per heavy atom. The Morgan fingerprint density at radius 2 is 1.87 bits per heavy atom. The van der Waals surface area contributed by atoms with Crippen LogP contribution in [0.1, 0.15) is 11.1 Å². The van der Waals surface area contributed by atoms with E-state index in [0.717, 1.165) is 14.9 Å². The molecule has 30 heavy (non-hydrogen) atoms. The molecule has 0 saturated carbocycles. The fourth-order valence-corrected chi connectivity index (χ4v) is 3.60. The Morgan fingerprint density at radius 3 is 2.47 bits per heavy atom. The zero-order valence-electron chi connectivity index (χ0n) is 15.5. The monoisotopic (exact) mass is 506 g/mol. The lowest BCUT2D eigenvalue weighted by molar-refractivity contribution is -0.122. The Bertz CT molecular complexity index is 1130. The number of anilines is 1. The summed E-state index contributed by atoms with van der Waals surface area (Å²) in [5.41, 5.74) is 1.26. The Hall–Kier alpha value is -2.79. The van der Waals surface area contributed by atoms with Crippen molar-refractivity contribution in [3.63, 3.8) is 0 Å². The van der Waals surface area contributed by atoms with Crippen LogP contribution in [0.15, 0.2) is 40.4 Å². The number of nitrogens with one attached hydrogen (secondary N) is 1. The van der Waals surface area contributed by atoms with Crippen molar-refractivity contribution in [2.45, 2.75) is 6.92 Å². The second-order valence-corrected chi connectivity index (χ2v) is 7.87. The molecule has 0 aromatic heterocycles. The van der Waals surface area contributed by atoms with Crippen molar-refractivity contribution < 1.29 is 19.1 Å². The van der Waals surface area contributed by atoms with E-state index in [1.807, 2.05) is 6.92 Å². The van der Waals surface area contributed by atoms with Gasteiger partial charge in [-0.05, 0) is 54.5 Å². The lowest BCUT2D eigenvalue weighted by Gasteiger charge is -2.26. The van der Waals surface area contributed by atoms with Crippen LogP contribution >= 0.6 is 39.1 Å². The van der Waals surface area contributed by atoms with E-state index in [1.54, 1.807) is 18.2 Å². The molecule has 1 N–H and O–H groups in total. The molecule has 0 aliphatic carbocycles. The van der Waals surface area contributed by atoms with Crippen LogP contribution in [0.3, 0.4) is 0 Å². The van der Waals surface area contributed by atoms with Gasteiger partial charge >= 0.3 is 6.03 Å². The Kier molecular flexibility index (Phi) is 6.52. The number of barbiturate groups is 1. The average molecular weight is 508 g/mol. The zero-order chi connectivity index (χ0) is 22.0. The van der Waals surface area contributed by atoms with Gasteiger partial charge < -0.3 is 4.74 Å². The molecule has 1 aliphatic heterocycles. The summed E-state index contributed by atoms with van der Waals surface area (Å²) in [6.45, 7) is 1.79. The molecule has 4 amide bonds. The van der Waals surface area contributed by atoms with Crippen molar-refractivity contribution in [1.82, 2.24) is 5.32 Å². The largest absolute Gasteiger partial charge is 0.478 e. The van der Waals surface area contributed by atoms with Gasteiger partial charge in [0.1, 0.15) is 12.2 Å². The predicted octanol–water partition coefficient (Wildman–Crippen LogP) is 4.74. The molecule has 1 fully saturated rings. The maximum Gasteiger partial charge on any atom is 0.335 e. The number of aryl methyl sites for hydroxylation is 1. The summed E-state index contributed by atoms with van der Waals surface area (Å²) in [4.78, 5) is 38.5. The van der Waals surface area contributed by atoms with Gasteiger partial charge in [-0.3, -0.25) is 14.9 Å². The third-order valence-corrected chi connectivity index (χ3v) is 5.58. The maximum absolute atomic E-state index is 13.0. The van der Waals surface area contributed by atoms with Crippen molar-refractivity contribution in [1.29, 1.82) is 0 Å². The van der Waals surface area contributed by atoms with Crippen LogP contribution in [0.5, 0.6) is 5.75 Å². The molecule has 0 radical (unpaired) electrons. The van der Waals surface area contributed by atoms with Gasteiger partial charge in [-0.25, -0.2) is 9.69 Å². The fraction of sp³-hybridized carbons (Fsp3) is 0.0952. The summed E-state index contributed by atoms with van der Waals surface area (Å²) in [6.07, 6.45) is 6.46. The molecule has 9 heteroatoms. The molecule has 1 heterocycles. The van der Waals surface area contributed by atoms with Gasteiger partial charge in [0.25, 0.3) is 11.8 Å². The van der Waals surface area contributed by atoms with E-state index in [1.165, 1.54) is 18.2 Å². The molecule has 1 saturated heterocycles. The fourth-order valence-electron chi connectivity index (χ4n) is 2.74. The number of imide groups is 2. The van der Waals surface area contributed by atoms with Crippen molar-refractivity contribution in [2.24, 2.45) is 0 Å². The molecule has 2 aromatic carbocycles. The number of halogens is 3. The smallest absolute Gasteiger partial charge is 0.335 e. The van der Waals surface area contributed by atoms with Gasteiger partial charge in [-0.1, -0.05) is 45.1 Å². The van der Waals surface area contributed by atoms with E-state index >= 15 is 0 Å². The van der Waals surface area contributed by atoms with Gasteiger partial charge in [0, 0.05) is 4.47 Å². The number of urea groups is 1. The van der Waals surface area contributed by atoms with Crippen molar-refractivity contribution in [2.75, 3.05) is 11.5 Å². The average Bonchev–Trinajstić information content (AvgIpc) is 2.67. The highest BCUT2D eigenvalue weighted by atomic mass is 79.9. The molecule has 6 nitrogen and oxygen atoms in total. The molecule has 0 bridgehead atoms. The SMILES string of the molecule is C#CCOc1c(Cl)cc(/C=C2\C(=O)NC(=O)N(c3ccc(Br)c(C)c3)C2=O)cc1Cl. The number of hydrogen-bond acceptors (Lipinski definition) is 4. The first kappa shape index (κ1) is 21.9. The minimum atomic E-state index is -0.835. The van der Waals surface area contributed by atoms with Crippen LogP contribution in [-0.4, -0.2) is 24.5 Å². The number of ether oxygens (including phenoxy) is 1. The topological polar surface area (TPSA) is 75.7 Å². The number of carbonyl (C=O) groups excluding carboxylic acids is 3. The molecule has 152 valence electrons. The Balaban J connectivity index is 2.00. The highest BCUT2D eigenvalue weighted by molar-refractivity contribution is 9.10. The molecule has 0 spiro atoms. The summed E-state index contributed by atoms with van der Waals surface area (Å²) >= 11 is 15.7. The van der Waals surface area contributed by atoms with Crippen LogP contribution in [-0.2, 0) is 9.59 Å². The second kappa shape index (κ2) is 8.92. The number of rotatable bonds is 4. The first-order chi connectivity index (χ1) is 14.2. The van der Waals surface area contributed by atoms with Gasteiger partial charge in [0.15, 0.2) is 5.75 Å². The molecular weight excluding hydrogens is 495 g/mol. The Labute approximate surface area is 190 Å². The lowest BCUT2D eigenvalue weighted by Crippen LogP contribution is -2.54. The molecule has 0 atom stereocenters. The molecule has 0 unspecified atom stereocenters. The van der Waals surface area contributed by atoms with E-state index in [9.17, 15) is 14.4 Å². The highest BCUT2D eigenvalue weighted by Gasteiger charge is 2.37. The van der Waals surface area contributed by atoms with Crippen LogP contribution in [0, 0.1) is 19.3 Å². The van der Waals surface area contributed by atoms with Gasteiger partial charge in [-0.2, -0.15) is 0 Å². The predicted molar refractivity (Wildman–Crippen MR) is 119 cm³/mol. The molecule has 2 aromatic rings. The van der Waals surface area contributed by atoms with E-state index in [-0.39, 0.29) is 28.0 Å². The third kappa shape index (κ3) is 4.36. The number of nitrogens with zero attached hydrogens (tertiary/aromatic N) is 1.